The third-order valence-corrected chi connectivity index (χ3v) is 6.21. The van der Waals surface area contributed by atoms with Crippen LogP contribution in [-0.2, 0) is 6.42 Å². The Morgan fingerprint density at radius 3 is 2.52 bits per heavy atom. The molecule has 0 radical (unpaired) electrons. The molecule has 2 aromatic rings. The summed E-state index contributed by atoms with van der Waals surface area (Å²) in [5.41, 5.74) is 4.84. The Morgan fingerprint density at radius 2 is 1.87 bits per heavy atom. The van der Waals surface area contributed by atoms with Crippen molar-refractivity contribution in [3.05, 3.63) is 82.4 Å². The van der Waals surface area contributed by atoms with E-state index in [2.05, 4.69) is 54.0 Å². The summed E-state index contributed by atoms with van der Waals surface area (Å²) in [6, 6.07) is 13.3. The van der Waals surface area contributed by atoms with Crippen LogP contribution in [0.5, 0.6) is 0 Å². The smallest absolute Gasteiger partial charge is 0.143 e. The summed E-state index contributed by atoms with van der Waals surface area (Å²) in [6.45, 7) is 5.83. The van der Waals surface area contributed by atoms with Crippen molar-refractivity contribution in [3.63, 3.8) is 0 Å². The van der Waals surface area contributed by atoms with Gasteiger partial charge in [0.15, 0.2) is 0 Å². The Labute approximate surface area is 188 Å². The van der Waals surface area contributed by atoms with Crippen LogP contribution in [0, 0.1) is 5.82 Å². The van der Waals surface area contributed by atoms with Gasteiger partial charge >= 0.3 is 0 Å². The zero-order valence-electron chi connectivity index (χ0n) is 17.8. The Bertz CT molecular complexity index is 1030. The van der Waals surface area contributed by atoms with Gasteiger partial charge in [-0.15, -0.1) is 0 Å². The van der Waals surface area contributed by atoms with Crippen molar-refractivity contribution < 1.29 is 4.39 Å². The molecule has 0 atom stereocenters. The molecule has 0 N–H and O–H groups in total. The highest BCUT2D eigenvalue weighted by Crippen LogP contribution is 2.38. The predicted octanol–water partition coefficient (Wildman–Crippen LogP) is 7.35. The minimum atomic E-state index is -0.398. The van der Waals surface area contributed by atoms with Gasteiger partial charge in [0.25, 0.3) is 0 Å². The second-order valence-corrected chi connectivity index (χ2v) is 8.52. The first-order valence-corrected chi connectivity index (χ1v) is 11.3. The molecule has 2 aromatic carbocycles. The SMILES string of the molecule is C=N/C=C1/C(c2ccc(CC)cc2)=CN(C2CCCCC2)C1=Nc1cc(F)cc(Cl)c1. The lowest BCUT2D eigenvalue weighted by Gasteiger charge is -2.31. The maximum absolute atomic E-state index is 14.0. The minimum Gasteiger partial charge on any atom is -0.329 e. The van der Waals surface area contributed by atoms with Crippen LogP contribution in [0.25, 0.3) is 5.57 Å². The lowest BCUT2D eigenvalue weighted by atomic mass is 9.94. The summed E-state index contributed by atoms with van der Waals surface area (Å²) in [6.07, 6.45) is 10.8. The van der Waals surface area contributed by atoms with Crippen LogP contribution >= 0.6 is 11.6 Å². The number of benzene rings is 2. The number of nitrogens with zero attached hydrogens (tertiary/aromatic N) is 3. The maximum atomic E-state index is 14.0. The first kappa shape index (κ1) is 21.5. The number of halogens is 2. The van der Waals surface area contributed by atoms with Crippen molar-refractivity contribution in [2.75, 3.05) is 0 Å². The van der Waals surface area contributed by atoms with Gasteiger partial charge in [0, 0.05) is 34.6 Å². The van der Waals surface area contributed by atoms with Gasteiger partial charge in [-0.2, -0.15) is 0 Å². The van der Waals surface area contributed by atoms with Gasteiger partial charge in [-0.25, -0.2) is 9.38 Å². The summed E-state index contributed by atoms with van der Waals surface area (Å²) in [5, 5.41) is 0.331. The first-order chi connectivity index (χ1) is 15.1. The zero-order valence-corrected chi connectivity index (χ0v) is 18.6. The molecule has 2 aliphatic rings. The lowest BCUT2D eigenvalue weighted by molar-refractivity contribution is 0.304. The molecule has 3 nitrogen and oxygen atoms in total. The van der Waals surface area contributed by atoms with Gasteiger partial charge in [-0.3, -0.25) is 4.99 Å². The average molecular weight is 436 g/mol. The molecule has 0 spiro atoms. The largest absolute Gasteiger partial charge is 0.329 e. The standard InChI is InChI=1S/C26H27ClFN3/c1-3-18-9-11-19(12-10-18)25-17-31(23-7-5-4-6-8-23)26(24(25)16-29-2)30-22-14-20(27)13-21(28)15-22/h9-17,23H,2-8H2,1H3/b24-16-,30-26?. The molecule has 0 aromatic heterocycles. The van der Waals surface area contributed by atoms with E-state index in [9.17, 15) is 4.39 Å². The Kier molecular flexibility index (Phi) is 6.67. The van der Waals surface area contributed by atoms with Gasteiger partial charge < -0.3 is 4.90 Å². The molecule has 1 fully saturated rings. The third kappa shape index (κ3) is 4.80. The number of hydrogen-bond acceptors (Lipinski definition) is 2. The average Bonchev–Trinajstić information content (AvgIpc) is 3.12. The highest BCUT2D eigenvalue weighted by molar-refractivity contribution is 6.30. The quantitative estimate of drug-likeness (QED) is 0.451. The van der Waals surface area contributed by atoms with E-state index in [0.29, 0.717) is 16.8 Å². The van der Waals surface area contributed by atoms with E-state index in [-0.39, 0.29) is 0 Å². The predicted molar refractivity (Wildman–Crippen MR) is 129 cm³/mol. The number of hydrogen-bond donors (Lipinski definition) is 0. The molecular weight excluding hydrogens is 409 g/mol. The van der Waals surface area contributed by atoms with Crippen molar-refractivity contribution in [1.82, 2.24) is 4.90 Å². The number of aryl methyl sites for hydroxylation is 1. The van der Waals surface area contributed by atoms with Crippen molar-refractivity contribution in [2.24, 2.45) is 9.98 Å². The Hall–Kier alpha value is -2.72. The van der Waals surface area contributed by atoms with Crippen LogP contribution in [0.3, 0.4) is 0 Å². The van der Waals surface area contributed by atoms with Gasteiger partial charge in [-0.1, -0.05) is 62.1 Å². The summed E-state index contributed by atoms with van der Waals surface area (Å²) in [4.78, 5) is 11.2. The molecule has 0 saturated heterocycles. The topological polar surface area (TPSA) is 28.0 Å². The molecule has 0 unspecified atom stereocenters. The molecule has 160 valence electrons. The molecule has 5 heteroatoms. The molecule has 0 amide bonds. The molecular formula is C26H27ClFN3. The van der Waals surface area contributed by atoms with E-state index in [1.807, 2.05) is 0 Å². The number of amidine groups is 1. The summed E-state index contributed by atoms with van der Waals surface area (Å²) >= 11 is 6.09. The summed E-state index contributed by atoms with van der Waals surface area (Å²) < 4.78 is 14.0. The van der Waals surface area contributed by atoms with Crippen molar-refractivity contribution in [1.29, 1.82) is 0 Å². The fourth-order valence-electron chi connectivity index (χ4n) is 4.38. The summed E-state index contributed by atoms with van der Waals surface area (Å²) in [7, 11) is 0. The Morgan fingerprint density at radius 1 is 1.13 bits per heavy atom. The third-order valence-electron chi connectivity index (χ3n) is 5.99. The highest BCUT2D eigenvalue weighted by atomic mass is 35.5. The van der Waals surface area contributed by atoms with E-state index in [1.165, 1.54) is 37.0 Å². The second kappa shape index (κ2) is 9.61. The zero-order chi connectivity index (χ0) is 21.8. The van der Waals surface area contributed by atoms with E-state index in [4.69, 9.17) is 16.6 Å². The Balaban J connectivity index is 1.82. The van der Waals surface area contributed by atoms with Crippen LogP contribution < -0.4 is 0 Å². The molecule has 1 saturated carbocycles. The van der Waals surface area contributed by atoms with E-state index < -0.39 is 5.82 Å². The molecule has 0 bridgehead atoms. The second-order valence-electron chi connectivity index (χ2n) is 8.08. The number of aliphatic imine (C=N–C) groups is 2. The maximum Gasteiger partial charge on any atom is 0.143 e. The first-order valence-electron chi connectivity index (χ1n) is 10.9. The monoisotopic (exact) mass is 435 g/mol. The molecule has 1 heterocycles. The van der Waals surface area contributed by atoms with Crippen LogP contribution in [0.15, 0.2) is 70.4 Å². The van der Waals surface area contributed by atoms with Crippen LogP contribution in [-0.4, -0.2) is 23.5 Å². The van der Waals surface area contributed by atoms with Gasteiger partial charge in [-0.05, 0) is 55.3 Å². The summed E-state index contributed by atoms with van der Waals surface area (Å²) in [5.74, 6) is 0.375. The van der Waals surface area contributed by atoms with Gasteiger partial charge in [0.1, 0.15) is 11.7 Å². The molecule has 1 aliphatic heterocycles. The van der Waals surface area contributed by atoms with Crippen molar-refractivity contribution in [3.8, 4) is 0 Å². The van der Waals surface area contributed by atoms with Crippen LogP contribution in [0.1, 0.15) is 50.2 Å². The molecule has 31 heavy (non-hydrogen) atoms. The van der Waals surface area contributed by atoms with E-state index in [0.717, 1.165) is 41.8 Å². The molecule has 4 rings (SSSR count). The van der Waals surface area contributed by atoms with Crippen molar-refractivity contribution >= 4 is 35.4 Å². The fraction of sp³-hybridized carbons (Fsp3) is 0.308. The normalized spacial score (nSPS) is 19.8. The van der Waals surface area contributed by atoms with Gasteiger partial charge in [0.05, 0.1) is 5.69 Å². The van der Waals surface area contributed by atoms with Gasteiger partial charge in [0.2, 0.25) is 0 Å². The van der Waals surface area contributed by atoms with Crippen LogP contribution in [0.2, 0.25) is 5.02 Å². The van der Waals surface area contributed by atoms with Crippen molar-refractivity contribution in [2.45, 2.75) is 51.5 Å². The van der Waals surface area contributed by atoms with Crippen LogP contribution in [0.4, 0.5) is 10.1 Å². The highest BCUT2D eigenvalue weighted by Gasteiger charge is 2.32. The fourth-order valence-corrected chi connectivity index (χ4v) is 4.60. The lowest BCUT2D eigenvalue weighted by Crippen LogP contribution is -2.35. The number of rotatable bonds is 5. The van der Waals surface area contributed by atoms with E-state index >= 15 is 0 Å². The minimum absolute atomic E-state index is 0.331. The molecule has 1 aliphatic carbocycles. The van der Waals surface area contributed by atoms with E-state index in [1.54, 1.807) is 12.3 Å².